The van der Waals surface area contributed by atoms with Crippen LogP contribution in [0.4, 0.5) is 5.69 Å². The van der Waals surface area contributed by atoms with Crippen LogP contribution in [0.5, 0.6) is 5.75 Å². The van der Waals surface area contributed by atoms with Gasteiger partial charge in [-0.3, -0.25) is 4.79 Å². The standard InChI is InChI=1S/C26H24N2O2S/c1-17-7-9-21(10-8-17)16-30-22-13-11-20(12-14-22)15-24-25(29)28-26(31-24)27-23-6-4-5-18(2)19(23)3/h4-15H,16H2,1-3H3,(H,27,28,29)/b24-15-. The molecule has 0 unspecified atom stereocenters. The number of amidine groups is 1. The molecule has 1 aliphatic heterocycles. The summed E-state index contributed by atoms with van der Waals surface area (Å²) in [5, 5.41) is 3.45. The van der Waals surface area contributed by atoms with E-state index in [1.54, 1.807) is 0 Å². The van der Waals surface area contributed by atoms with E-state index in [9.17, 15) is 4.79 Å². The second-order valence-corrected chi connectivity index (χ2v) is 8.57. The molecule has 0 bridgehead atoms. The summed E-state index contributed by atoms with van der Waals surface area (Å²) >= 11 is 1.36. The molecule has 1 heterocycles. The van der Waals surface area contributed by atoms with Crippen molar-refractivity contribution in [2.24, 2.45) is 4.99 Å². The molecule has 0 atom stereocenters. The lowest BCUT2D eigenvalue weighted by molar-refractivity contribution is -0.115. The van der Waals surface area contributed by atoms with Crippen molar-refractivity contribution in [2.45, 2.75) is 27.4 Å². The first-order valence-electron chi connectivity index (χ1n) is 10.1. The van der Waals surface area contributed by atoms with Crippen LogP contribution in [0.1, 0.15) is 27.8 Å². The number of nitrogens with one attached hydrogen (secondary N) is 1. The van der Waals surface area contributed by atoms with E-state index in [4.69, 9.17) is 4.74 Å². The van der Waals surface area contributed by atoms with Crippen molar-refractivity contribution in [2.75, 3.05) is 0 Å². The molecule has 0 spiro atoms. The van der Waals surface area contributed by atoms with Crippen molar-refractivity contribution in [3.63, 3.8) is 0 Å². The number of amides is 1. The number of aliphatic imine (C=N–C) groups is 1. The topological polar surface area (TPSA) is 50.7 Å². The van der Waals surface area contributed by atoms with Crippen LogP contribution in [0.15, 0.2) is 76.6 Å². The first kappa shape index (κ1) is 20.9. The molecule has 1 aliphatic rings. The fraction of sp³-hybridized carbons (Fsp3) is 0.154. The molecule has 4 rings (SSSR count). The average molecular weight is 429 g/mol. The number of carbonyl (C=O) groups is 1. The maximum atomic E-state index is 12.4. The van der Waals surface area contributed by atoms with Crippen molar-refractivity contribution in [3.05, 3.63) is 99.5 Å². The molecule has 0 saturated carbocycles. The van der Waals surface area contributed by atoms with Crippen molar-refractivity contribution >= 4 is 34.6 Å². The van der Waals surface area contributed by atoms with Crippen molar-refractivity contribution in [1.82, 2.24) is 5.32 Å². The molecule has 156 valence electrons. The number of carbonyl (C=O) groups excluding carboxylic acids is 1. The molecule has 1 fully saturated rings. The molecule has 1 saturated heterocycles. The first-order valence-corrected chi connectivity index (χ1v) is 10.9. The van der Waals surface area contributed by atoms with E-state index in [0.717, 1.165) is 28.1 Å². The number of nitrogens with zero attached hydrogens (tertiary/aromatic N) is 1. The van der Waals surface area contributed by atoms with Gasteiger partial charge in [-0.1, -0.05) is 54.1 Å². The van der Waals surface area contributed by atoms with E-state index < -0.39 is 0 Å². The Bertz CT molecular complexity index is 1160. The number of rotatable bonds is 5. The minimum atomic E-state index is -0.131. The van der Waals surface area contributed by atoms with Gasteiger partial charge in [-0.25, -0.2) is 4.99 Å². The number of hydrogen-bond acceptors (Lipinski definition) is 4. The minimum Gasteiger partial charge on any atom is -0.489 e. The predicted molar refractivity (Wildman–Crippen MR) is 129 cm³/mol. The van der Waals surface area contributed by atoms with Gasteiger partial charge in [0.2, 0.25) is 0 Å². The highest BCUT2D eigenvalue weighted by atomic mass is 32.2. The van der Waals surface area contributed by atoms with E-state index >= 15 is 0 Å². The summed E-state index contributed by atoms with van der Waals surface area (Å²) in [7, 11) is 0. The maximum absolute atomic E-state index is 12.4. The molecule has 0 radical (unpaired) electrons. The molecule has 1 amide bonds. The average Bonchev–Trinajstić information content (AvgIpc) is 3.10. The van der Waals surface area contributed by atoms with Crippen LogP contribution in [-0.2, 0) is 11.4 Å². The van der Waals surface area contributed by atoms with Crippen LogP contribution >= 0.6 is 11.8 Å². The lowest BCUT2D eigenvalue weighted by atomic mass is 10.1. The van der Waals surface area contributed by atoms with Crippen LogP contribution in [0, 0.1) is 20.8 Å². The van der Waals surface area contributed by atoms with Gasteiger partial charge in [-0.05, 0) is 79.1 Å². The van der Waals surface area contributed by atoms with Crippen LogP contribution in [-0.4, -0.2) is 11.1 Å². The van der Waals surface area contributed by atoms with Gasteiger partial charge in [0.05, 0.1) is 10.6 Å². The molecule has 31 heavy (non-hydrogen) atoms. The van der Waals surface area contributed by atoms with Gasteiger partial charge in [0.15, 0.2) is 5.17 Å². The van der Waals surface area contributed by atoms with E-state index in [1.807, 2.05) is 49.4 Å². The van der Waals surface area contributed by atoms with E-state index in [2.05, 4.69) is 54.5 Å². The Morgan fingerprint density at radius 2 is 1.71 bits per heavy atom. The first-order chi connectivity index (χ1) is 15.0. The second kappa shape index (κ2) is 9.23. The van der Waals surface area contributed by atoms with E-state index in [-0.39, 0.29) is 5.91 Å². The van der Waals surface area contributed by atoms with Crippen molar-refractivity contribution in [1.29, 1.82) is 0 Å². The Labute approximate surface area is 187 Å². The number of ether oxygens (including phenoxy) is 1. The SMILES string of the molecule is Cc1ccc(COc2ccc(/C=C3\SC(=Nc4cccc(C)c4C)NC3=O)cc2)cc1. The summed E-state index contributed by atoms with van der Waals surface area (Å²) in [5.74, 6) is 0.664. The summed E-state index contributed by atoms with van der Waals surface area (Å²) in [6, 6.07) is 22.0. The van der Waals surface area contributed by atoms with Gasteiger partial charge in [0.25, 0.3) is 5.91 Å². The van der Waals surface area contributed by atoms with Crippen molar-refractivity contribution < 1.29 is 9.53 Å². The maximum Gasteiger partial charge on any atom is 0.264 e. The fourth-order valence-electron chi connectivity index (χ4n) is 3.11. The molecular formula is C26H24N2O2S. The summed E-state index contributed by atoms with van der Waals surface area (Å²) in [6.07, 6.45) is 1.87. The largest absolute Gasteiger partial charge is 0.489 e. The zero-order valence-electron chi connectivity index (χ0n) is 17.8. The van der Waals surface area contributed by atoms with E-state index in [1.165, 1.54) is 22.9 Å². The Morgan fingerprint density at radius 3 is 2.45 bits per heavy atom. The third-order valence-corrected chi connectivity index (χ3v) is 6.06. The predicted octanol–water partition coefficient (Wildman–Crippen LogP) is 6.08. The molecule has 4 nitrogen and oxygen atoms in total. The number of thioether (sulfide) groups is 1. The molecule has 1 N–H and O–H groups in total. The Morgan fingerprint density at radius 1 is 0.968 bits per heavy atom. The molecule has 3 aromatic rings. The normalized spacial score (nSPS) is 16.0. The Kier molecular flexibility index (Phi) is 6.23. The number of hydrogen-bond donors (Lipinski definition) is 1. The van der Waals surface area contributed by atoms with Gasteiger partial charge in [0.1, 0.15) is 12.4 Å². The minimum absolute atomic E-state index is 0.131. The number of benzene rings is 3. The monoisotopic (exact) mass is 428 g/mol. The van der Waals surface area contributed by atoms with Crippen molar-refractivity contribution in [3.8, 4) is 5.75 Å². The lowest BCUT2D eigenvalue weighted by Gasteiger charge is -2.07. The third-order valence-electron chi connectivity index (χ3n) is 5.15. The molecule has 3 aromatic carbocycles. The molecular weight excluding hydrogens is 404 g/mol. The Balaban J connectivity index is 1.42. The summed E-state index contributed by atoms with van der Waals surface area (Å²) in [5.41, 5.74) is 6.47. The van der Waals surface area contributed by atoms with Gasteiger partial charge < -0.3 is 10.1 Å². The third kappa shape index (κ3) is 5.25. The second-order valence-electron chi connectivity index (χ2n) is 7.54. The summed E-state index contributed by atoms with van der Waals surface area (Å²) in [6.45, 7) is 6.69. The van der Waals surface area contributed by atoms with Gasteiger partial charge >= 0.3 is 0 Å². The number of aryl methyl sites for hydroxylation is 2. The molecule has 5 heteroatoms. The van der Waals surface area contributed by atoms with Gasteiger partial charge in [-0.2, -0.15) is 0 Å². The van der Waals surface area contributed by atoms with E-state index in [0.29, 0.717) is 16.7 Å². The van der Waals surface area contributed by atoms with Crippen LogP contribution in [0.25, 0.3) is 6.08 Å². The molecule has 0 aromatic heterocycles. The lowest BCUT2D eigenvalue weighted by Crippen LogP contribution is -2.19. The quantitative estimate of drug-likeness (QED) is 0.501. The van der Waals surface area contributed by atoms with Gasteiger partial charge in [0, 0.05) is 0 Å². The summed E-state index contributed by atoms with van der Waals surface area (Å²) < 4.78 is 5.86. The smallest absolute Gasteiger partial charge is 0.264 e. The van der Waals surface area contributed by atoms with Crippen LogP contribution in [0.3, 0.4) is 0 Å². The summed E-state index contributed by atoms with van der Waals surface area (Å²) in [4.78, 5) is 17.6. The fourth-order valence-corrected chi connectivity index (χ4v) is 3.94. The Hall–Kier alpha value is -3.31. The molecule has 0 aliphatic carbocycles. The zero-order chi connectivity index (χ0) is 21.8. The highest BCUT2D eigenvalue weighted by Crippen LogP contribution is 2.30. The highest BCUT2D eigenvalue weighted by Gasteiger charge is 2.24. The van der Waals surface area contributed by atoms with Gasteiger partial charge in [-0.15, -0.1) is 0 Å². The van der Waals surface area contributed by atoms with Crippen LogP contribution < -0.4 is 10.1 Å². The van der Waals surface area contributed by atoms with Crippen LogP contribution in [0.2, 0.25) is 0 Å². The zero-order valence-corrected chi connectivity index (χ0v) is 18.6. The highest BCUT2D eigenvalue weighted by molar-refractivity contribution is 8.18.